The highest BCUT2D eigenvalue weighted by molar-refractivity contribution is 7.99. The van der Waals surface area contributed by atoms with Gasteiger partial charge in [-0.15, -0.1) is 10.2 Å². The number of aryl methyl sites for hydroxylation is 1. The fourth-order valence-electron chi connectivity index (χ4n) is 3.40. The fourth-order valence-corrected chi connectivity index (χ4v) is 4.16. The summed E-state index contributed by atoms with van der Waals surface area (Å²) in [6.45, 7) is 0. The van der Waals surface area contributed by atoms with Crippen LogP contribution in [0.15, 0.2) is 80.9 Å². The molecular formula is C24H19FN4O2S. The van der Waals surface area contributed by atoms with Gasteiger partial charge in [-0.2, -0.15) is 4.98 Å². The van der Waals surface area contributed by atoms with Crippen LogP contribution in [0.1, 0.15) is 18.7 Å². The normalized spacial score (nSPS) is 11.3. The lowest BCUT2D eigenvalue weighted by molar-refractivity contribution is 0.421. The van der Waals surface area contributed by atoms with E-state index < -0.39 is 0 Å². The quantitative estimate of drug-likeness (QED) is 0.208. The van der Waals surface area contributed by atoms with Gasteiger partial charge < -0.3 is 8.94 Å². The lowest BCUT2D eigenvalue weighted by atomic mass is 10.0. The molecule has 3 aromatic carbocycles. The summed E-state index contributed by atoms with van der Waals surface area (Å²) in [4.78, 5) is 4.38. The molecule has 0 spiro atoms. The Morgan fingerprint density at radius 1 is 0.844 bits per heavy atom. The third-order valence-electron chi connectivity index (χ3n) is 5.01. The lowest BCUT2D eigenvalue weighted by Crippen LogP contribution is -1.90. The van der Waals surface area contributed by atoms with Crippen molar-refractivity contribution in [2.45, 2.75) is 24.5 Å². The van der Waals surface area contributed by atoms with E-state index in [4.69, 9.17) is 8.94 Å². The molecule has 2 aromatic heterocycles. The van der Waals surface area contributed by atoms with Gasteiger partial charge in [0.15, 0.2) is 5.82 Å². The molecule has 5 aromatic rings. The molecule has 0 aliphatic rings. The predicted molar refractivity (Wildman–Crippen MR) is 121 cm³/mol. The van der Waals surface area contributed by atoms with Gasteiger partial charge in [-0.3, -0.25) is 0 Å². The summed E-state index contributed by atoms with van der Waals surface area (Å²) >= 11 is 1.54. The molecule has 0 N–H and O–H groups in total. The van der Waals surface area contributed by atoms with E-state index in [2.05, 4.69) is 38.5 Å². The Morgan fingerprint density at radius 2 is 1.69 bits per heavy atom. The van der Waals surface area contributed by atoms with Gasteiger partial charge >= 0.3 is 0 Å². The van der Waals surface area contributed by atoms with E-state index in [1.165, 1.54) is 23.9 Å². The second-order valence-corrected chi connectivity index (χ2v) is 8.27. The number of benzene rings is 3. The molecule has 0 amide bonds. The van der Waals surface area contributed by atoms with Crippen LogP contribution in [0.3, 0.4) is 0 Å². The van der Waals surface area contributed by atoms with Crippen LogP contribution in [-0.2, 0) is 6.42 Å². The minimum absolute atomic E-state index is 0.295. The van der Waals surface area contributed by atoms with E-state index in [1.54, 1.807) is 12.1 Å². The second kappa shape index (κ2) is 9.32. The number of rotatable bonds is 8. The number of halogens is 1. The average molecular weight is 447 g/mol. The molecule has 0 aliphatic heterocycles. The number of nitrogens with zero attached hydrogens (tertiary/aromatic N) is 4. The van der Waals surface area contributed by atoms with Crippen LogP contribution in [0, 0.1) is 5.82 Å². The maximum atomic E-state index is 13.0. The highest BCUT2D eigenvalue weighted by Gasteiger charge is 2.12. The summed E-state index contributed by atoms with van der Waals surface area (Å²) in [6.07, 6.45) is 2.55. The second-order valence-electron chi connectivity index (χ2n) is 7.23. The molecule has 0 fully saturated rings. The van der Waals surface area contributed by atoms with Crippen molar-refractivity contribution in [2.24, 2.45) is 0 Å². The first kappa shape index (κ1) is 20.4. The van der Waals surface area contributed by atoms with Gasteiger partial charge in [0.05, 0.1) is 0 Å². The molecule has 8 heteroatoms. The van der Waals surface area contributed by atoms with E-state index in [-0.39, 0.29) is 5.82 Å². The SMILES string of the molecule is Fc1ccc(-c2nc(CCCCSc3nnc(-c4cccc5ccccc45)o3)no2)cc1. The van der Waals surface area contributed by atoms with Gasteiger partial charge in [0, 0.05) is 23.3 Å². The molecule has 0 saturated heterocycles. The molecule has 32 heavy (non-hydrogen) atoms. The van der Waals surface area contributed by atoms with E-state index in [1.807, 2.05) is 24.3 Å². The molecule has 0 unspecified atom stereocenters. The zero-order chi connectivity index (χ0) is 21.8. The van der Waals surface area contributed by atoms with Crippen LogP contribution < -0.4 is 0 Å². The largest absolute Gasteiger partial charge is 0.411 e. The smallest absolute Gasteiger partial charge is 0.276 e. The Labute approximate surface area is 187 Å². The molecule has 6 nitrogen and oxygen atoms in total. The zero-order valence-corrected chi connectivity index (χ0v) is 17.9. The summed E-state index contributed by atoms with van der Waals surface area (Å²) in [5.74, 6) is 2.13. The van der Waals surface area contributed by atoms with E-state index in [0.29, 0.717) is 34.8 Å². The first-order valence-corrected chi connectivity index (χ1v) is 11.3. The van der Waals surface area contributed by atoms with E-state index in [9.17, 15) is 4.39 Å². The number of aromatic nitrogens is 4. The van der Waals surface area contributed by atoms with Crippen molar-refractivity contribution in [3.8, 4) is 22.9 Å². The molecule has 2 heterocycles. The number of fused-ring (bicyclic) bond motifs is 1. The topological polar surface area (TPSA) is 77.8 Å². The molecule has 0 bridgehead atoms. The van der Waals surface area contributed by atoms with Crippen molar-refractivity contribution in [1.29, 1.82) is 0 Å². The van der Waals surface area contributed by atoms with Gasteiger partial charge in [0.1, 0.15) is 5.82 Å². The molecule has 0 aliphatic carbocycles. The monoisotopic (exact) mass is 446 g/mol. The maximum absolute atomic E-state index is 13.0. The van der Waals surface area contributed by atoms with Crippen LogP contribution in [0.4, 0.5) is 4.39 Å². The summed E-state index contributed by atoms with van der Waals surface area (Å²) in [5.41, 5.74) is 1.65. The third kappa shape index (κ3) is 4.55. The summed E-state index contributed by atoms with van der Waals surface area (Å²) in [5, 5.41) is 15.2. The van der Waals surface area contributed by atoms with Gasteiger partial charge in [-0.05, 0) is 53.9 Å². The Morgan fingerprint density at radius 3 is 2.59 bits per heavy atom. The van der Waals surface area contributed by atoms with Gasteiger partial charge in [-0.1, -0.05) is 53.3 Å². The predicted octanol–water partition coefficient (Wildman–Crippen LogP) is 6.19. The Kier molecular flexibility index (Phi) is 5.93. The minimum atomic E-state index is -0.295. The van der Waals surface area contributed by atoms with Crippen molar-refractivity contribution in [1.82, 2.24) is 20.3 Å². The number of hydrogen-bond donors (Lipinski definition) is 0. The fraction of sp³-hybridized carbons (Fsp3) is 0.167. The van der Waals surface area contributed by atoms with Crippen LogP contribution in [0.25, 0.3) is 33.7 Å². The first-order chi connectivity index (χ1) is 15.8. The zero-order valence-electron chi connectivity index (χ0n) is 17.1. The van der Waals surface area contributed by atoms with Crippen LogP contribution in [0.2, 0.25) is 0 Å². The van der Waals surface area contributed by atoms with E-state index in [0.717, 1.165) is 34.9 Å². The minimum Gasteiger partial charge on any atom is -0.411 e. The number of hydrogen-bond acceptors (Lipinski definition) is 7. The van der Waals surface area contributed by atoms with E-state index >= 15 is 0 Å². The van der Waals surface area contributed by atoms with Crippen molar-refractivity contribution >= 4 is 22.5 Å². The van der Waals surface area contributed by atoms with Crippen molar-refractivity contribution in [2.75, 3.05) is 5.75 Å². The summed E-state index contributed by atoms with van der Waals surface area (Å²) in [6, 6.07) is 20.2. The van der Waals surface area contributed by atoms with Gasteiger partial charge in [0.25, 0.3) is 11.1 Å². The van der Waals surface area contributed by atoms with Crippen LogP contribution >= 0.6 is 11.8 Å². The van der Waals surface area contributed by atoms with Crippen molar-refractivity contribution < 1.29 is 13.3 Å². The Hall–Kier alpha value is -3.52. The maximum Gasteiger partial charge on any atom is 0.276 e. The molecule has 0 radical (unpaired) electrons. The highest BCUT2D eigenvalue weighted by Crippen LogP contribution is 2.29. The standard InChI is InChI=1S/C24H19FN4O2S/c25-18-13-11-17(12-14-18)22-26-21(29-31-22)10-3-4-15-32-24-28-27-23(30-24)20-9-5-7-16-6-1-2-8-19(16)20/h1-2,5-9,11-14H,3-4,10,15H2. The Balaban J connectivity index is 1.12. The van der Waals surface area contributed by atoms with Gasteiger partial charge in [-0.25, -0.2) is 4.39 Å². The molecule has 0 atom stereocenters. The summed E-state index contributed by atoms with van der Waals surface area (Å²) in [7, 11) is 0. The molecule has 160 valence electrons. The third-order valence-corrected chi connectivity index (χ3v) is 5.91. The van der Waals surface area contributed by atoms with Crippen molar-refractivity contribution in [3.63, 3.8) is 0 Å². The average Bonchev–Trinajstić information content (AvgIpc) is 3.49. The number of thioether (sulfide) groups is 1. The summed E-state index contributed by atoms with van der Waals surface area (Å²) < 4.78 is 24.2. The first-order valence-electron chi connectivity index (χ1n) is 10.3. The van der Waals surface area contributed by atoms with Gasteiger partial charge in [0.2, 0.25) is 5.89 Å². The van der Waals surface area contributed by atoms with Crippen molar-refractivity contribution in [3.05, 3.63) is 78.4 Å². The molecular weight excluding hydrogens is 427 g/mol. The number of unbranched alkanes of at least 4 members (excludes halogenated alkanes) is 1. The highest BCUT2D eigenvalue weighted by atomic mass is 32.2. The molecule has 0 saturated carbocycles. The Bertz CT molecular complexity index is 1330. The van der Waals surface area contributed by atoms with Crippen LogP contribution in [0.5, 0.6) is 0 Å². The van der Waals surface area contributed by atoms with Crippen LogP contribution in [-0.4, -0.2) is 26.1 Å². The molecule has 5 rings (SSSR count). The lowest BCUT2D eigenvalue weighted by Gasteiger charge is -2.01.